The molecule has 1 amide bonds. The lowest BCUT2D eigenvalue weighted by molar-refractivity contribution is -0.113. The van der Waals surface area contributed by atoms with Crippen LogP contribution in [0.5, 0.6) is 0 Å². The highest BCUT2D eigenvalue weighted by Gasteiger charge is 2.20. The van der Waals surface area contributed by atoms with E-state index in [1.165, 1.54) is 27.7 Å². The van der Waals surface area contributed by atoms with Gasteiger partial charge in [0.15, 0.2) is 15.9 Å². The molecule has 152 valence electrons. The Morgan fingerprint density at radius 3 is 2.79 bits per heavy atom. The third-order valence-electron chi connectivity index (χ3n) is 4.74. The minimum atomic E-state index is -0.151. The third-order valence-corrected chi connectivity index (χ3v) is 7.75. The second-order valence-electron chi connectivity index (χ2n) is 6.90. The number of halogens is 1. The summed E-state index contributed by atoms with van der Waals surface area (Å²) in [5.41, 5.74) is 2.13. The molecule has 0 saturated carbocycles. The maximum Gasteiger partial charge on any atom is 0.273 e. The zero-order valence-electron chi connectivity index (χ0n) is 16.1. The normalized spacial score (nSPS) is 14.0. The standard InChI is InChI=1S/C19H20BrN5O2S2/c1-11-9-12(5-6-13(11)20)21-14(26)10-28-18-22-16-15(17(27)24(18)2)29-19(23-16)25-7-3-4-8-25/h5-6,9H,3-4,7-8,10H2,1-2H3,(H,21,26). The van der Waals surface area contributed by atoms with Crippen molar-refractivity contribution in [3.05, 3.63) is 38.6 Å². The molecule has 1 aliphatic heterocycles. The van der Waals surface area contributed by atoms with Gasteiger partial charge in [0.2, 0.25) is 5.91 Å². The van der Waals surface area contributed by atoms with Crippen molar-refractivity contribution in [1.29, 1.82) is 0 Å². The summed E-state index contributed by atoms with van der Waals surface area (Å²) in [5, 5.41) is 4.22. The molecular weight excluding hydrogens is 474 g/mol. The number of hydrogen-bond donors (Lipinski definition) is 1. The van der Waals surface area contributed by atoms with Crippen LogP contribution >= 0.6 is 39.0 Å². The van der Waals surface area contributed by atoms with Crippen LogP contribution in [0.25, 0.3) is 10.3 Å². The quantitative estimate of drug-likeness (QED) is 0.430. The first-order valence-corrected chi connectivity index (χ1v) is 11.8. The van der Waals surface area contributed by atoms with Crippen molar-refractivity contribution < 1.29 is 4.79 Å². The van der Waals surface area contributed by atoms with Gasteiger partial charge in [-0.3, -0.25) is 14.2 Å². The fourth-order valence-electron chi connectivity index (χ4n) is 3.14. The minimum Gasteiger partial charge on any atom is -0.348 e. The first kappa shape index (κ1) is 20.4. The lowest BCUT2D eigenvalue weighted by Gasteiger charge is -2.11. The fourth-order valence-corrected chi connectivity index (χ4v) is 5.18. The summed E-state index contributed by atoms with van der Waals surface area (Å²) in [6.07, 6.45) is 2.30. The van der Waals surface area contributed by atoms with Crippen LogP contribution in [0.1, 0.15) is 18.4 Å². The first-order valence-electron chi connectivity index (χ1n) is 9.23. The van der Waals surface area contributed by atoms with E-state index in [4.69, 9.17) is 0 Å². The Bertz CT molecular complexity index is 1140. The molecule has 0 unspecified atom stereocenters. The fraction of sp³-hybridized carbons (Fsp3) is 0.368. The highest BCUT2D eigenvalue weighted by atomic mass is 79.9. The van der Waals surface area contributed by atoms with Crippen molar-refractivity contribution >= 4 is 66.1 Å². The van der Waals surface area contributed by atoms with Crippen LogP contribution in [0.3, 0.4) is 0 Å². The van der Waals surface area contributed by atoms with E-state index < -0.39 is 0 Å². The van der Waals surface area contributed by atoms with E-state index in [2.05, 4.69) is 36.1 Å². The van der Waals surface area contributed by atoms with Crippen LogP contribution in [0.4, 0.5) is 10.8 Å². The smallest absolute Gasteiger partial charge is 0.273 e. The summed E-state index contributed by atoms with van der Waals surface area (Å²) >= 11 is 6.08. The molecule has 0 spiro atoms. The zero-order chi connectivity index (χ0) is 20.5. The van der Waals surface area contributed by atoms with E-state index in [0.717, 1.165) is 46.8 Å². The molecule has 3 heterocycles. The summed E-state index contributed by atoms with van der Waals surface area (Å²) in [6.45, 7) is 3.91. The summed E-state index contributed by atoms with van der Waals surface area (Å²) in [4.78, 5) is 36.4. The molecule has 3 aromatic rings. The lowest BCUT2D eigenvalue weighted by Crippen LogP contribution is -2.20. The van der Waals surface area contributed by atoms with Gasteiger partial charge in [0.05, 0.1) is 5.75 Å². The largest absolute Gasteiger partial charge is 0.348 e. The number of benzene rings is 1. The summed E-state index contributed by atoms with van der Waals surface area (Å²) in [5.74, 6) is 0.00593. The second kappa shape index (κ2) is 8.45. The van der Waals surface area contributed by atoms with Gasteiger partial charge in [-0.2, -0.15) is 4.98 Å². The van der Waals surface area contributed by atoms with Gasteiger partial charge < -0.3 is 10.2 Å². The van der Waals surface area contributed by atoms with Crippen LogP contribution in [0.2, 0.25) is 0 Å². The van der Waals surface area contributed by atoms with E-state index in [1.54, 1.807) is 7.05 Å². The molecule has 1 aromatic carbocycles. The van der Waals surface area contributed by atoms with E-state index in [9.17, 15) is 9.59 Å². The van der Waals surface area contributed by atoms with Gasteiger partial charge >= 0.3 is 0 Å². The summed E-state index contributed by atoms with van der Waals surface area (Å²) in [6, 6.07) is 5.65. The lowest BCUT2D eigenvalue weighted by atomic mass is 10.2. The second-order valence-corrected chi connectivity index (χ2v) is 9.68. The van der Waals surface area contributed by atoms with Crippen molar-refractivity contribution in [3.8, 4) is 0 Å². The van der Waals surface area contributed by atoms with Crippen molar-refractivity contribution in [3.63, 3.8) is 0 Å². The van der Waals surface area contributed by atoms with Gasteiger partial charge in [-0.05, 0) is 43.5 Å². The van der Waals surface area contributed by atoms with Crippen molar-refractivity contribution in [2.24, 2.45) is 7.05 Å². The van der Waals surface area contributed by atoms with Crippen molar-refractivity contribution in [2.75, 3.05) is 29.1 Å². The van der Waals surface area contributed by atoms with Gasteiger partial charge in [-0.15, -0.1) is 0 Å². The van der Waals surface area contributed by atoms with Crippen LogP contribution in [-0.4, -0.2) is 39.3 Å². The molecule has 1 aliphatic rings. The number of carbonyl (C=O) groups is 1. The number of amides is 1. The van der Waals surface area contributed by atoms with Gasteiger partial charge in [0.1, 0.15) is 4.70 Å². The SMILES string of the molecule is Cc1cc(NC(=O)CSc2nc3nc(N4CCCC4)sc3c(=O)n2C)ccc1Br. The Kier molecular flexibility index (Phi) is 5.93. The Balaban J connectivity index is 1.49. The van der Waals surface area contributed by atoms with Crippen LogP contribution in [0.15, 0.2) is 32.6 Å². The molecule has 0 atom stereocenters. The molecule has 2 aromatic heterocycles. The van der Waals surface area contributed by atoms with Gasteiger partial charge in [-0.1, -0.05) is 39.0 Å². The van der Waals surface area contributed by atoms with E-state index in [-0.39, 0.29) is 17.2 Å². The molecule has 1 N–H and O–H groups in total. The highest BCUT2D eigenvalue weighted by Crippen LogP contribution is 2.29. The minimum absolute atomic E-state index is 0.121. The number of nitrogens with zero attached hydrogens (tertiary/aromatic N) is 4. The molecule has 10 heteroatoms. The Morgan fingerprint density at radius 1 is 1.31 bits per heavy atom. The first-order chi connectivity index (χ1) is 13.9. The highest BCUT2D eigenvalue weighted by molar-refractivity contribution is 9.10. The maximum atomic E-state index is 12.7. The number of anilines is 2. The zero-order valence-corrected chi connectivity index (χ0v) is 19.3. The molecule has 0 bridgehead atoms. The summed E-state index contributed by atoms with van der Waals surface area (Å²) in [7, 11) is 1.68. The molecule has 1 fully saturated rings. The van der Waals surface area contributed by atoms with Gasteiger partial charge in [-0.25, -0.2) is 4.98 Å². The molecular formula is C19H20BrN5O2S2. The molecule has 4 rings (SSSR count). The topological polar surface area (TPSA) is 80.1 Å². The molecule has 7 nitrogen and oxygen atoms in total. The number of thioether (sulfide) groups is 1. The van der Waals surface area contributed by atoms with Gasteiger partial charge in [0.25, 0.3) is 5.56 Å². The molecule has 0 aliphatic carbocycles. The average molecular weight is 494 g/mol. The molecule has 0 radical (unpaired) electrons. The summed E-state index contributed by atoms with van der Waals surface area (Å²) < 4.78 is 3.05. The number of aryl methyl sites for hydroxylation is 1. The third kappa shape index (κ3) is 4.34. The number of hydrogen-bond acceptors (Lipinski definition) is 7. The number of rotatable bonds is 5. The van der Waals surface area contributed by atoms with Gasteiger partial charge in [0, 0.05) is 30.3 Å². The number of thiazole rings is 1. The Morgan fingerprint density at radius 2 is 2.07 bits per heavy atom. The van der Waals surface area contributed by atoms with Crippen LogP contribution in [0, 0.1) is 6.92 Å². The Hall–Kier alpha value is -1.91. The molecule has 29 heavy (non-hydrogen) atoms. The molecule has 1 saturated heterocycles. The van der Waals surface area contributed by atoms with Crippen molar-refractivity contribution in [2.45, 2.75) is 24.9 Å². The number of nitrogens with one attached hydrogen (secondary N) is 1. The van der Waals surface area contributed by atoms with Crippen LogP contribution in [-0.2, 0) is 11.8 Å². The predicted molar refractivity (Wildman–Crippen MR) is 122 cm³/mol. The van der Waals surface area contributed by atoms with E-state index in [0.29, 0.717) is 15.5 Å². The monoisotopic (exact) mass is 493 g/mol. The Labute approximate surface area is 184 Å². The van der Waals surface area contributed by atoms with E-state index >= 15 is 0 Å². The average Bonchev–Trinajstić information content (AvgIpc) is 3.36. The number of aromatic nitrogens is 3. The van der Waals surface area contributed by atoms with Crippen LogP contribution < -0.4 is 15.8 Å². The number of fused-ring (bicyclic) bond motifs is 1. The van der Waals surface area contributed by atoms with Crippen molar-refractivity contribution in [1.82, 2.24) is 14.5 Å². The van der Waals surface area contributed by atoms with E-state index in [1.807, 2.05) is 25.1 Å². The number of carbonyl (C=O) groups excluding carboxylic acids is 1. The maximum absolute atomic E-state index is 12.7. The predicted octanol–water partition coefficient (Wildman–Crippen LogP) is 3.79.